The lowest BCUT2D eigenvalue weighted by Crippen LogP contribution is -2.37. The first-order valence-corrected chi connectivity index (χ1v) is 10.7. The number of nitrogens with zero attached hydrogens (tertiary/aromatic N) is 4. The molecule has 3 heterocycles. The van der Waals surface area contributed by atoms with Gasteiger partial charge in [0.2, 0.25) is 11.9 Å². The van der Waals surface area contributed by atoms with Gasteiger partial charge in [0.25, 0.3) is 5.91 Å². The first kappa shape index (κ1) is 24.3. The van der Waals surface area contributed by atoms with Crippen LogP contribution in [-0.2, 0) is 4.79 Å². The monoisotopic (exact) mass is 464 g/mol. The Bertz CT molecular complexity index is 1040. The van der Waals surface area contributed by atoms with Crippen LogP contribution in [0, 0.1) is 24.4 Å². The van der Waals surface area contributed by atoms with Gasteiger partial charge in [-0.1, -0.05) is 20.3 Å². The first-order chi connectivity index (χ1) is 15.6. The van der Waals surface area contributed by atoms with Crippen LogP contribution in [0.2, 0.25) is 0 Å². The summed E-state index contributed by atoms with van der Waals surface area (Å²) in [4.78, 5) is 36.2. The smallest absolute Gasteiger partial charge is 0.254 e. The van der Waals surface area contributed by atoms with Crippen molar-refractivity contribution >= 4 is 29.3 Å². The molecule has 178 valence electrons. The number of rotatable bonds is 3. The first-order valence-electron chi connectivity index (χ1n) is 10.7. The molecule has 33 heavy (non-hydrogen) atoms. The van der Waals surface area contributed by atoms with E-state index in [2.05, 4.69) is 34.4 Å². The summed E-state index contributed by atoms with van der Waals surface area (Å²) in [6, 6.07) is 1.22. The minimum absolute atomic E-state index is 0.143. The van der Waals surface area contributed by atoms with Gasteiger partial charge in [-0.15, -0.1) is 0 Å². The molecule has 1 unspecified atom stereocenters. The standard InChI is InChI=1S/C19H19F3N6O2.C3H8/c1-9-16-17(27(2)8-14(29)25-16)26-19(23-9)24-11-3-4-28(7-11)18(30)10-5-12(20)15(22)13(21)6-10;1-3-2/h5-6,11H,3-4,7-8H2,1-2H3,(H,25,29)(H,23,24,26);3H2,1-2H3. The van der Waals surface area contributed by atoms with E-state index in [1.54, 1.807) is 18.9 Å². The van der Waals surface area contributed by atoms with E-state index in [1.807, 2.05) is 0 Å². The van der Waals surface area contributed by atoms with E-state index >= 15 is 0 Å². The van der Waals surface area contributed by atoms with Gasteiger partial charge in [-0.25, -0.2) is 18.2 Å². The number of likely N-dealkylation sites (N-methyl/N-ethyl adjacent to an activating group) is 1. The minimum atomic E-state index is -1.60. The molecular formula is C22H27F3N6O2. The summed E-state index contributed by atoms with van der Waals surface area (Å²) >= 11 is 0. The number of carbonyl (C=O) groups excluding carboxylic acids is 2. The number of fused-ring (bicyclic) bond motifs is 1. The summed E-state index contributed by atoms with van der Waals surface area (Å²) in [6.45, 7) is 6.81. The molecule has 1 fully saturated rings. The van der Waals surface area contributed by atoms with Gasteiger partial charge in [0.1, 0.15) is 5.69 Å². The Morgan fingerprint density at radius 1 is 1.21 bits per heavy atom. The number of halogens is 3. The molecular weight excluding hydrogens is 437 g/mol. The number of amides is 2. The fourth-order valence-corrected chi connectivity index (χ4v) is 3.62. The summed E-state index contributed by atoms with van der Waals surface area (Å²) in [5, 5.41) is 5.93. The Morgan fingerprint density at radius 2 is 1.85 bits per heavy atom. The van der Waals surface area contributed by atoms with Gasteiger partial charge in [0.05, 0.1) is 12.2 Å². The number of likely N-dealkylation sites (tertiary alicyclic amines) is 1. The topological polar surface area (TPSA) is 90.5 Å². The lowest BCUT2D eigenvalue weighted by molar-refractivity contribution is -0.115. The van der Waals surface area contributed by atoms with Crippen molar-refractivity contribution in [2.24, 2.45) is 0 Å². The number of carbonyl (C=O) groups is 2. The molecule has 2 amide bonds. The van der Waals surface area contributed by atoms with Crippen molar-refractivity contribution in [3.63, 3.8) is 0 Å². The zero-order valence-corrected chi connectivity index (χ0v) is 19.0. The molecule has 4 rings (SSSR count). The van der Waals surface area contributed by atoms with Gasteiger partial charge in [0, 0.05) is 31.7 Å². The zero-order valence-electron chi connectivity index (χ0n) is 19.0. The lowest BCUT2D eigenvalue weighted by Gasteiger charge is -2.27. The van der Waals surface area contributed by atoms with Crippen LogP contribution < -0.4 is 15.5 Å². The highest BCUT2D eigenvalue weighted by atomic mass is 19.2. The molecule has 0 radical (unpaired) electrons. The Balaban J connectivity index is 0.000000968. The van der Waals surface area contributed by atoms with Crippen LogP contribution in [0.15, 0.2) is 12.1 Å². The molecule has 2 aliphatic heterocycles. The molecule has 2 aromatic rings. The molecule has 1 aromatic carbocycles. The Morgan fingerprint density at radius 3 is 2.48 bits per heavy atom. The van der Waals surface area contributed by atoms with Crippen molar-refractivity contribution in [1.29, 1.82) is 0 Å². The molecule has 0 spiro atoms. The van der Waals surface area contributed by atoms with Crippen LogP contribution in [-0.4, -0.2) is 59.4 Å². The zero-order chi connectivity index (χ0) is 24.3. The van der Waals surface area contributed by atoms with E-state index in [0.29, 0.717) is 48.2 Å². The highest BCUT2D eigenvalue weighted by Crippen LogP contribution is 2.30. The molecule has 11 heteroatoms. The average Bonchev–Trinajstić information content (AvgIpc) is 3.21. The van der Waals surface area contributed by atoms with Crippen LogP contribution in [0.5, 0.6) is 0 Å². The van der Waals surface area contributed by atoms with Gasteiger partial charge < -0.3 is 20.4 Å². The van der Waals surface area contributed by atoms with E-state index in [1.165, 1.54) is 11.3 Å². The second-order valence-electron chi connectivity index (χ2n) is 8.08. The molecule has 2 N–H and O–H groups in total. The third-order valence-corrected chi connectivity index (χ3v) is 5.12. The van der Waals surface area contributed by atoms with E-state index in [0.717, 1.165) is 0 Å². The van der Waals surface area contributed by atoms with Crippen LogP contribution in [0.3, 0.4) is 0 Å². The van der Waals surface area contributed by atoms with E-state index < -0.39 is 23.4 Å². The normalized spacial score (nSPS) is 17.2. The van der Waals surface area contributed by atoms with Gasteiger partial charge in [-0.05, 0) is 25.5 Å². The number of hydrogen-bond acceptors (Lipinski definition) is 6. The van der Waals surface area contributed by atoms with Crippen molar-refractivity contribution in [3.05, 3.63) is 40.8 Å². The quantitative estimate of drug-likeness (QED) is 0.678. The van der Waals surface area contributed by atoms with Gasteiger partial charge in [-0.3, -0.25) is 9.59 Å². The van der Waals surface area contributed by atoms with Crippen molar-refractivity contribution in [2.75, 3.05) is 42.2 Å². The number of nitrogens with one attached hydrogen (secondary N) is 2. The summed E-state index contributed by atoms with van der Waals surface area (Å²) < 4.78 is 40.0. The Labute approximate surface area is 190 Å². The van der Waals surface area contributed by atoms with Crippen molar-refractivity contribution in [3.8, 4) is 0 Å². The van der Waals surface area contributed by atoms with Gasteiger partial charge >= 0.3 is 0 Å². The molecule has 1 aromatic heterocycles. The maximum absolute atomic E-state index is 13.4. The maximum atomic E-state index is 13.4. The van der Waals surface area contributed by atoms with Gasteiger partial charge in [0.15, 0.2) is 23.3 Å². The summed E-state index contributed by atoms with van der Waals surface area (Å²) in [5.41, 5.74) is 0.916. The number of anilines is 3. The van der Waals surface area contributed by atoms with Gasteiger partial charge in [-0.2, -0.15) is 4.98 Å². The molecule has 1 atom stereocenters. The van der Waals surface area contributed by atoms with E-state index in [4.69, 9.17) is 0 Å². The maximum Gasteiger partial charge on any atom is 0.254 e. The fraction of sp³-hybridized carbons (Fsp3) is 0.455. The van der Waals surface area contributed by atoms with Crippen LogP contribution in [0.4, 0.5) is 30.6 Å². The van der Waals surface area contributed by atoms with Crippen LogP contribution >= 0.6 is 0 Å². The minimum Gasteiger partial charge on any atom is -0.350 e. The SMILES string of the molecule is CCC.Cc1nc(NC2CCN(C(=O)c3cc(F)c(F)c(F)c3)C2)nc2c1NC(=O)CN2C. The summed E-state index contributed by atoms with van der Waals surface area (Å²) in [6.07, 6.45) is 1.82. The second-order valence-corrected chi connectivity index (χ2v) is 8.08. The van der Waals surface area contributed by atoms with E-state index in [9.17, 15) is 22.8 Å². The fourth-order valence-electron chi connectivity index (χ4n) is 3.62. The molecule has 0 saturated carbocycles. The molecule has 1 saturated heterocycles. The number of hydrogen-bond donors (Lipinski definition) is 2. The Kier molecular flexibility index (Phi) is 7.39. The lowest BCUT2D eigenvalue weighted by atomic mass is 10.2. The highest BCUT2D eigenvalue weighted by molar-refractivity contribution is 6.00. The largest absolute Gasteiger partial charge is 0.350 e. The summed E-state index contributed by atoms with van der Waals surface area (Å²) in [7, 11) is 1.75. The molecule has 0 aliphatic carbocycles. The van der Waals surface area contributed by atoms with E-state index in [-0.39, 0.29) is 30.6 Å². The number of aromatic nitrogens is 2. The molecule has 8 nitrogen and oxygen atoms in total. The third kappa shape index (κ3) is 5.35. The summed E-state index contributed by atoms with van der Waals surface area (Å²) in [5.74, 6) is -4.19. The van der Waals surface area contributed by atoms with Crippen molar-refractivity contribution in [2.45, 2.75) is 39.7 Å². The average molecular weight is 464 g/mol. The number of aryl methyl sites for hydroxylation is 1. The number of benzene rings is 1. The molecule has 2 aliphatic rings. The predicted octanol–water partition coefficient (Wildman–Crippen LogP) is 3.33. The van der Waals surface area contributed by atoms with Crippen LogP contribution in [0.1, 0.15) is 42.7 Å². The van der Waals surface area contributed by atoms with Crippen LogP contribution in [0.25, 0.3) is 0 Å². The highest BCUT2D eigenvalue weighted by Gasteiger charge is 2.30. The molecule has 0 bridgehead atoms. The predicted molar refractivity (Wildman–Crippen MR) is 119 cm³/mol. The van der Waals surface area contributed by atoms with Crippen molar-refractivity contribution < 1.29 is 22.8 Å². The third-order valence-electron chi connectivity index (χ3n) is 5.12. The second kappa shape index (κ2) is 10.1. The Hall–Kier alpha value is -3.37. The van der Waals surface area contributed by atoms with Crippen molar-refractivity contribution in [1.82, 2.24) is 14.9 Å².